The summed E-state index contributed by atoms with van der Waals surface area (Å²) >= 11 is 3.07. The van der Waals surface area contributed by atoms with Crippen molar-refractivity contribution in [2.24, 2.45) is 0 Å². The fourth-order valence-electron chi connectivity index (χ4n) is 2.90. The normalized spacial score (nSPS) is 11.0. The van der Waals surface area contributed by atoms with Crippen molar-refractivity contribution >= 4 is 40.7 Å². The molecule has 1 aromatic carbocycles. The molecule has 0 aliphatic carbocycles. The molecule has 0 spiro atoms. The Labute approximate surface area is 190 Å². The van der Waals surface area contributed by atoms with Crippen LogP contribution in [0.4, 0.5) is 5.69 Å². The Kier molecular flexibility index (Phi) is 7.86. The molecule has 0 saturated carbocycles. The summed E-state index contributed by atoms with van der Waals surface area (Å²) in [6, 6.07) is 8.79. The van der Waals surface area contributed by atoms with Gasteiger partial charge < -0.3 is 14.6 Å². The predicted octanol–water partition coefficient (Wildman–Crippen LogP) is 5.06. The Morgan fingerprint density at radius 1 is 1.19 bits per heavy atom. The van der Waals surface area contributed by atoms with Crippen molar-refractivity contribution in [1.29, 1.82) is 0 Å². The highest BCUT2D eigenvalue weighted by Gasteiger charge is 2.16. The lowest BCUT2D eigenvalue weighted by atomic mass is 10.1. The van der Waals surface area contributed by atoms with Gasteiger partial charge in [0, 0.05) is 28.1 Å². The third-order valence-corrected chi connectivity index (χ3v) is 6.69. The quantitative estimate of drug-likeness (QED) is 0.356. The smallest absolute Gasteiger partial charge is 0.338 e. The minimum atomic E-state index is -0.378. The Morgan fingerprint density at radius 2 is 1.94 bits per heavy atom. The van der Waals surface area contributed by atoms with E-state index in [2.05, 4.69) is 40.8 Å². The fourth-order valence-corrected chi connectivity index (χ4v) is 4.60. The molecular formula is C22H26N4O3S2. The van der Waals surface area contributed by atoms with Gasteiger partial charge in [0.2, 0.25) is 5.91 Å². The molecule has 0 bridgehead atoms. The number of anilines is 1. The number of nitrogens with zero attached hydrogens (tertiary/aromatic N) is 3. The standard InChI is InChI=1S/C22H26N4O3S2/c1-5-26-20(16-11-18(14(3)4)30-12-16)24-25-22(26)31-13-19(27)23-17-9-7-15(8-10-17)21(28)29-6-2/h7-12,14H,5-6,13H2,1-4H3,(H,23,27). The van der Waals surface area contributed by atoms with Gasteiger partial charge in [-0.25, -0.2) is 4.79 Å². The van der Waals surface area contributed by atoms with E-state index in [0.717, 1.165) is 11.4 Å². The highest BCUT2D eigenvalue weighted by atomic mass is 32.2. The SMILES string of the molecule is CCOC(=O)c1ccc(NC(=O)CSc2nnc(-c3csc(C(C)C)c3)n2CC)cc1. The third-order valence-electron chi connectivity index (χ3n) is 4.49. The number of hydrogen-bond donors (Lipinski definition) is 1. The van der Waals surface area contributed by atoms with Crippen LogP contribution in [0.5, 0.6) is 0 Å². The molecule has 3 aromatic rings. The van der Waals surface area contributed by atoms with Crippen molar-refractivity contribution < 1.29 is 14.3 Å². The molecule has 0 atom stereocenters. The maximum atomic E-state index is 12.4. The van der Waals surface area contributed by atoms with Gasteiger partial charge in [-0.15, -0.1) is 21.5 Å². The summed E-state index contributed by atoms with van der Waals surface area (Å²) in [5.74, 6) is 0.970. The van der Waals surface area contributed by atoms with Crippen molar-refractivity contribution in [3.05, 3.63) is 46.2 Å². The highest BCUT2D eigenvalue weighted by molar-refractivity contribution is 7.99. The van der Waals surface area contributed by atoms with Crippen LogP contribution in [0.3, 0.4) is 0 Å². The van der Waals surface area contributed by atoms with Crippen LogP contribution in [0.2, 0.25) is 0 Å². The molecule has 1 N–H and O–H groups in total. The summed E-state index contributed by atoms with van der Waals surface area (Å²) in [6.07, 6.45) is 0. The summed E-state index contributed by atoms with van der Waals surface area (Å²) in [7, 11) is 0. The fraction of sp³-hybridized carbons (Fsp3) is 0.364. The van der Waals surface area contributed by atoms with Crippen molar-refractivity contribution in [3.8, 4) is 11.4 Å². The molecule has 31 heavy (non-hydrogen) atoms. The van der Waals surface area contributed by atoms with Crippen molar-refractivity contribution in [2.45, 2.75) is 45.3 Å². The number of thioether (sulfide) groups is 1. The first-order chi connectivity index (χ1) is 14.9. The molecule has 3 rings (SSSR count). The molecular weight excluding hydrogens is 432 g/mol. The Morgan fingerprint density at radius 3 is 2.55 bits per heavy atom. The van der Waals surface area contributed by atoms with E-state index in [1.54, 1.807) is 42.5 Å². The third kappa shape index (κ3) is 5.74. The van der Waals surface area contributed by atoms with E-state index < -0.39 is 0 Å². The predicted molar refractivity (Wildman–Crippen MR) is 125 cm³/mol. The van der Waals surface area contributed by atoms with E-state index in [-0.39, 0.29) is 17.6 Å². The summed E-state index contributed by atoms with van der Waals surface area (Å²) in [5.41, 5.74) is 2.13. The van der Waals surface area contributed by atoms with Gasteiger partial charge in [0.15, 0.2) is 11.0 Å². The van der Waals surface area contributed by atoms with Gasteiger partial charge in [0.05, 0.1) is 17.9 Å². The molecule has 0 radical (unpaired) electrons. The number of ether oxygens (including phenoxy) is 1. The minimum Gasteiger partial charge on any atom is -0.462 e. The second kappa shape index (κ2) is 10.6. The largest absolute Gasteiger partial charge is 0.462 e. The lowest BCUT2D eigenvalue weighted by Gasteiger charge is -2.08. The van der Waals surface area contributed by atoms with Gasteiger partial charge >= 0.3 is 5.97 Å². The summed E-state index contributed by atoms with van der Waals surface area (Å²) < 4.78 is 6.99. The van der Waals surface area contributed by atoms with Crippen LogP contribution in [-0.4, -0.2) is 39.0 Å². The average molecular weight is 459 g/mol. The molecule has 0 unspecified atom stereocenters. The number of thiophene rings is 1. The molecule has 7 nitrogen and oxygen atoms in total. The summed E-state index contributed by atoms with van der Waals surface area (Å²) in [5, 5.41) is 14.3. The maximum Gasteiger partial charge on any atom is 0.338 e. The van der Waals surface area contributed by atoms with Gasteiger partial charge in [-0.2, -0.15) is 0 Å². The number of carbonyl (C=O) groups is 2. The van der Waals surface area contributed by atoms with Crippen LogP contribution in [0.1, 0.15) is 48.8 Å². The number of esters is 1. The lowest BCUT2D eigenvalue weighted by molar-refractivity contribution is -0.113. The molecule has 2 aromatic heterocycles. The molecule has 9 heteroatoms. The van der Waals surface area contributed by atoms with Crippen molar-refractivity contribution in [1.82, 2.24) is 14.8 Å². The Bertz CT molecular complexity index is 1040. The second-order valence-electron chi connectivity index (χ2n) is 7.08. The highest BCUT2D eigenvalue weighted by Crippen LogP contribution is 2.31. The topological polar surface area (TPSA) is 86.1 Å². The molecule has 0 fully saturated rings. The van der Waals surface area contributed by atoms with Crippen LogP contribution < -0.4 is 5.32 Å². The van der Waals surface area contributed by atoms with Crippen LogP contribution in [0, 0.1) is 0 Å². The molecule has 0 saturated heterocycles. The number of nitrogens with one attached hydrogen (secondary N) is 1. The van der Waals surface area contributed by atoms with E-state index in [1.165, 1.54) is 16.6 Å². The van der Waals surface area contributed by atoms with Gasteiger partial charge in [-0.3, -0.25) is 4.79 Å². The molecule has 2 heterocycles. The van der Waals surface area contributed by atoms with Crippen molar-refractivity contribution in [3.63, 3.8) is 0 Å². The maximum absolute atomic E-state index is 12.4. The van der Waals surface area contributed by atoms with Crippen LogP contribution in [0.15, 0.2) is 40.9 Å². The summed E-state index contributed by atoms with van der Waals surface area (Å²) in [6.45, 7) is 9.18. The number of hydrogen-bond acceptors (Lipinski definition) is 7. The van der Waals surface area contributed by atoms with Crippen molar-refractivity contribution in [2.75, 3.05) is 17.7 Å². The van der Waals surface area contributed by atoms with E-state index in [0.29, 0.717) is 35.5 Å². The summed E-state index contributed by atoms with van der Waals surface area (Å²) in [4.78, 5) is 25.4. The van der Waals surface area contributed by atoms with Gasteiger partial charge in [0.25, 0.3) is 0 Å². The Balaban J connectivity index is 1.61. The van der Waals surface area contributed by atoms with Crippen LogP contribution >= 0.6 is 23.1 Å². The second-order valence-corrected chi connectivity index (χ2v) is 8.96. The number of carbonyl (C=O) groups excluding carboxylic acids is 2. The van der Waals surface area contributed by atoms with Gasteiger partial charge in [-0.05, 0) is 50.1 Å². The first-order valence-electron chi connectivity index (χ1n) is 10.1. The number of rotatable bonds is 9. The molecule has 164 valence electrons. The zero-order valence-corrected chi connectivity index (χ0v) is 19.7. The molecule has 0 aliphatic rings. The first kappa shape index (κ1) is 23.0. The number of amides is 1. The monoisotopic (exact) mass is 458 g/mol. The average Bonchev–Trinajstić information content (AvgIpc) is 3.39. The minimum absolute atomic E-state index is 0.154. The number of benzene rings is 1. The number of aromatic nitrogens is 3. The van der Waals surface area contributed by atoms with Gasteiger partial charge in [0.1, 0.15) is 0 Å². The Hall–Kier alpha value is -2.65. The van der Waals surface area contributed by atoms with E-state index in [9.17, 15) is 9.59 Å². The lowest BCUT2D eigenvalue weighted by Crippen LogP contribution is -2.15. The van der Waals surface area contributed by atoms with Gasteiger partial charge in [-0.1, -0.05) is 25.6 Å². The molecule has 0 aliphatic heterocycles. The molecule has 1 amide bonds. The zero-order chi connectivity index (χ0) is 22.4. The van der Waals surface area contributed by atoms with Crippen LogP contribution in [0.25, 0.3) is 11.4 Å². The van der Waals surface area contributed by atoms with E-state index in [4.69, 9.17) is 4.74 Å². The first-order valence-corrected chi connectivity index (χ1v) is 12.0. The zero-order valence-electron chi connectivity index (χ0n) is 18.0. The van der Waals surface area contributed by atoms with E-state index in [1.807, 2.05) is 11.5 Å². The van der Waals surface area contributed by atoms with E-state index >= 15 is 0 Å². The van der Waals surface area contributed by atoms with Crippen LogP contribution in [-0.2, 0) is 16.1 Å².